The normalized spacial score (nSPS) is 10.1. The highest BCUT2D eigenvalue weighted by Crippen LogP contribution is 2.17. The first-order valence-electron chi connectivity index (χ1n) is 5.56. The predicted octanol–water partition coefficient (Wildman–Crippen LogP) is 0.423. The van der Waals surface area contributed by atoms with Crippen LogP contribution in [0.3, 0.4) is 0 Å². The van der Waals surface area contributed by atoms with Crippen LogP contribution >= 0.6 is 0 Å². The Hall–Kier alpha value is -2.90. The van der Waals surface area contributed by atoms with Crippen molar-refractivity contribution in [3.63, 3.8) is 0 Å². The fourth-order valence-corrected chi connectivity index (χ4v) is 1.60. The molecule has 0 aliphatic carbocycles. The van der Waals surface area contributed by atoms with Crippen molar-refractivity contribution in [1.29, 1.82) is 0 Å². The summed E-state index contributed by atoms with van der Waals surface area (Å²) in [6.45, 7) is 0. The monoisotopic (exact) mass is 276 g/mol. The Bertz CT molecular complexity index is 665. The van der Waals surface area contributed by atoms with Gasteiger partial charge < -0.3 is 15.2 Å². The lowest BCUT2D eigenvalue weighted by atomic mass is 10.2. The van der Waals surface area contributed by atoms with E-state index < -0.39 is 11.9 Å². The van der Waals surface area contributed by atoms with Gasteiger partial charge in [-0.15, -0.1) is 5.10 Å². The maximum atomic E-state index is 11.5. The summed E-state index contributed by atoms with van der Waals surface area (Å²) >= 11 is 0. The van der Waals surface area contributed by atoms with Crippen LogP contribution < -0.4 is 5.73 Å². The first-order chi connectivity index (χ1) is 9.58. The summed E-state index contributed by atoms with van der Waals surface area (Å²) in [5.74, 6) is -1.14. The lowest BCUT2D eigenvalue weighted by Gasteiger charge is -2.05. The van der Waals surface area contributed by atoms with Gasteiger partial charge in [0.1, 0.15) is 0 Å². The second-order valence-electron chi connectivity index (χ2n) is 3.77. The van der Waals surface area contributed by atoms with E-state index in [1.165, 1.54) is 25.0 Å². The standard InChI is InChI=1S/C12H12N4O4/c1-19-11(17)7-4-3-5-8(6-7)16-10(13)9(14-15-16)12(18)20-2/h3-6H,13H2,1-2H3. The molecule has 104 valence electrons. The highest BCUT2D eigenvalue weighted by molar-refractivity contribution is 5.92. The minimum absolute atomic E-state index is 0.0267. The van der Waals surface area contributed by atoms with Crippen molar-refractivity contribution in [2.24, 2.45) is 0 Å². The minimum Gasteiger partial charge on any atom is -0.465 e. The number of benzene rings is 1. The maximum Gasteiger partial charge on any atom is 0.362 e. The Balaban J connectivity index is 2.45. The smallest absolute Gasteiger partial charge is 0.362 e. The number of aromatic nitrogens is 3. The third-order valence-electron chi connectivity index (χ3n) is 2.60. The van der Waals surface area contributed by atoms with Crippen LogP contribution in [0.1, 0.15) is 20.8 Å². The van der Waals surface area contributed by atoms with Crippen LogP contribution in [-0.2, 0) is 9.47 Å². The first kappa shape index (κ1) is 13.5. The van der Waals surface area contributed by atoms with Crippen molar-refractivity contribution in [3.8, 4) is 5.69 Å². The van der Waals surface area contributed by atoms with Gasteiger partial charge in [-0.3, -0.25) is 0 Å². The van der Waals surface area contributed by atoms with Crippen LogP contribution in [0.15, 0.2) is 24.3 Å². The molecule has 0 aliphatic rings. The predicted molar refractivity (Wildman–Crippen MR) is 68.5 cm³/mol. The van der Waals surface area contributed by atoms with E-state index in [1.54, 1.807) is 18.2 Å². The number of hydrogen-bond donors (Lipinski definition) is 1. The molecule has 0 spiro atoms. The molecule has 0 amide bonds. The van der Waals surface area contributed by atoms with E-state index in [2.05, 4.69) is 19.8 Å². The van der Waals surface area contributed by atoms with Gasteiger partial charge in [-0.2, -0.15) is 4.68 Å². The van der Waals surface area contributed by atoms with E-state index in [1.807, 2.05) is 0 Å². The summed E-state index contributed by atoms with van der Waals surface area (Å²) in [6.07, 6.45) is 0. The number of carbonyl (C=O) groups is 2. The van der Waals surface area contributed by atoms with Gasteiger partial charge in [0.15, 0.2) is 5.82 Å². The van der Waals surface area contributed by atoms with E-state index in [-0.39, 0.29) is 11.5 Å². The molecule has 1 aromatic heterocycles. The molecular weight excluding hydrogens is 264 g/mol. The zero-order valence-electron chi connectivity index (χ0n) is 10.9. The molecule has 0 bridgehead atoms. The van der Waals surface area contributed by atoms with Crippen LogP contribution in [0, 0.1) is 0 Å². The number of nitrogen functional groups attached to an aromatic ring is 1. The summed E-state index contributed by atoms with van der Waals surface area (Å²) < 4.78 is 10.4. The molecule has 2 aromatic rings. The second-order valence-corrected chi connectivity index (χ2v) is 3.77. The first-order valence-corrected chi connectivity index (χ1v) is 5.56. The minimum atomic E-state index is -0.683. The highest BCUT2D eigenvalue weighted by atomic mass is 16.5. The molecule has 0 saturated heterocycles. The number of esters is 2. The summed E-state index contributed by atoms with van der Waals surface area (Å²) in [7, 11) is 2.51. The van der Waals surface area contributed by atoms with Gasteiger partial charge in [0, 0.05) is 0 Å². The van der Waals surface area contributed by atoms with Gasteiger partial charge in [-0.05, 0) is 18.2 Å². The highest BCUT2D eigenvalue weighted by Gasteiger charge is 2.19. The average molecular weight is 276 g/mol. The molecule has 0 aliphatic heterocycles. The van der Waals surface area contributed by atoms with Gasteiger partial charge in [0.05, 0.1) is 25.5 Å². The molecule has 1 aromatic carbocycles. The number of carbonyl (C=O) groups excluding carboxylic acids is 2. The van der Waals surface area contributed by atoms with Gasteiger partial charge in [0.2, 0.25) is 5.69 Å². The van der Waals surface area contributed by atoms with Crippen LogP contribution in [0.25, 0.3) is 5.69 Å². The van der Waals surface area contributed by atoms with Crippen molar-refractivity contribution in [2.45, 2.75) is 0 Å². The Morgan fingerprint density at radius 1 is 1.20 bits per heavy atom. The molecule has 0 atom stereocenters. The number of nitrogens with zero attached hydrogens (tertiary/aromatic N) is 3. The molecule has 8 heteroatoms. The Morgan fingerprint density at radius 3 is 2.55 bits per heavy atom. The fraction of sp³-hybridized carbons (Fsp3) is 0.167. The third kappa shape index (κ3) is 2.30. The van der Waals surface area contributed by atoms with Gasteiger partial charge >= 0.3 is 11.9 Å². The van der Waals surface area contributed by atoms with Gasteiger partial charge in [-0.25, -0.2) is 9.59 Å². The summed E-state index contributed by atoms with van der Waals surface area (Å²) in [5.41, 5.74) is 6.52. The molecule has 0 unspecified atom stereocenters. The van der Waals surface area contributed by atoms with Crippen LogP contribution in [0.5, 0.6) is 0 Å². The molecule has 20 heavy (non-hydrogen) atoms. The van der Waals surface area contributed by atoms with E-state index in [9.17, 15) is 9.59 Å². The number of anilines is 1. The molecule has 2 N–H and O–H groups in total. The molecular formula is C12H12N4O4. The molecule has 0 saturated carbocycles. The van der Waals surface area contributed by atoms with Crippen molar-refractivity contribution in [3.05, 3.63) is 35.5 Å². The third-order valence-corrected chi connectivity index (χ3v) is 2.60. The molecule has 2 rings (SSSR count). The average Bonchev–Trinajstić information content (AvgIpc) is 2.87. The number of rotatable bonds is 3. The van der Waals surface area contributed by atoms with Crippen molar-refractivity contribution < 1.29 is 19.1 Å². The molecule has 1 heterocycles. The summed E-state index contributed by atoms with van der Waals surface area (Å²) in [4.78, 5) is 22.9. The Morgan fingerprint density at radius 2 is 1.90 bits per heavy atom. The fourth-order valence-electron chi connectivity index (χ4n) is 1.60. The van der Waals surface area contributed by atoms with E-state index in [0.29, 0.717) is 11.3 Å². The zero-order chi connectivity index (χ0) is 14.7. The molecule has 0 radical (unpaired) electrons. The zero-order valence-corrected chi connectivity index (χ0v) is 10.9. The van der Waals surface area contributed by atoms with Gasteiger partial charge in [-0.1, -0.05) is 11.3 Å². The van der Waals surface area contributed by atoms with E-state index in [4.69, 9.17) is 5.73 Å². The van der Waals surface area contributed by atoms with Crippen molar-refractivity contribution >= 4 is 17.8 Å². The lowest BCUT2D eigenvalue weighted by Crippen LogP contribution is -2.08. The Kier molecular flexibility index (Phi) is 3.65. The van der Waals surface area contributed by atoms with E-state index in [0.717, 1.165) is 0 Å². The maximum absolute atomic E-state index is 11.5. The molecule has 8 nitrogen and oxygen atoms in total. The number of methoxy groups -OCH3 is 2. The Labute approximate surface area is 114 Å². The quantitative estimate of drug-likeness (QED) is 0.809. The van der Waals surface area contributed by atoms with E-state index >= 15 is 0 Å². The van der Waals surface area contributed by atoms with Crippen LogP contribution in [0.4, 0.5) is 5.82 Å². The lowest BCUT2D eigenvalue weighted by molar-refractivity contribution is 0.0588. The largest absolute Gasteiger partial charge is 0.465 e. The van der Waals surface area contributed by atoms with Crippen molar-refractivity contribution in [2.75, 3.05) is 20.0 Å². The van der Waals surface area contributed by atoms with Crippen molar-refractivity contribution in [1.82, 2.24) is 15.0 Å². The van der Waals surface area contributed by atoms with Crippen LogP contribution in [0.2, 0.25) is 0 Å². The van der Waals surface area contributed by atoms with Gasteiger partial charge in [0.25, 0.3) is 0 Å². The summed E-state index contributed by atoms with van der Waals surface area (Å²) in [6, 6.07) is 6.42. The SMILES string of the molecule is COC(=O)c1cccc(-n2nnc(C(=O)OC)c2N)c1. The number of hydrogen-bond acceptors (Lipinski definition) is 7. The summed E-state index contributed by atoms with van der Waals surface area (Å²) in [5, 5.41) is 7.42. The topological polar surface area (TPSA) is 109 Å². The number of ether oxygens (including phenoxy) is 2. The van der Waals surface area contributed by atoms with Crippen LogP contribution in [-0.4, -0.2) is 41.2 Å². The second kappa shape index (κ2) is 5.39. The molecule has 0 fully saturated rings. The number of nitrogens with two attached hydrogens (primary N) is 1.